The molecule has 0 bridgehead atoms. The number of hydrogen-bond donors (Lipinski definition) is 1. The van der Waals surface area contributed by atoms with Crippen molar-refractivity contribution in [3.8, 4) is 5.75 Å². The lowest BCUT2D eigenvalue weighted by molar-refractivity contribution is -0.121. The number of nitrogens with one attached hydrogen (secondary N) is 1. The molecule has 2 rings (SSSR count). The molecule has 1 unspecified atom stereocenters. The summed E-state index contributed by atoms with van der Waals surface area (Å²) in [5.74, 6) is 0.607. The standard InChI is InChI=1S/C15H20ClNO2/c1-19-13-9-5-6-11(10-13)14(16)15(18)17-12-7-3-2-4-8-12/h5-6,9-10,12,14H,2-4,7-8H2,1H3,(H,17,18). The molecular formula is C15H20ClNO2. The Bertz CT molecular complexity index is 430. The van der Waals surface area contributed by atoms with Crippen LogP contribution in [0.25, 0.3) is 0 Å². The number of ether oxygens (including phenoxy) is 1. The van der Waals surface area contributed by atoms with Gasteiger partial charge in [-0.15, -0.1) is 11.6 Å². The first-order valence-electron chi connectivity index (χ1n) is 6.79. The van der Waals surface area contributed by atoms with Crippen molar-refractivity contribution in [3.63, 3.8) is 0 Å². The zero-order valence-corrected chi connectivity index (χ0v) is 12.0. The highest BCUT2D eigenvalue weighted by Gasteiger charge is 2.22. The van der Waals surface area contributed by atoms with Gasteiger partial charge in [0, 0.05) is 6.04 Å². The van der Waals surface area contributed by atoms with Gasteiger partial charge in [-0.3, -0.25) is 4.79 Å². The van der Waals surface area contributed by atoms with Gasteiger partial charge in [0.25, 0.3) is 0 Å². The molecule has 1 atom stereocenters. The Morgan fingerprint density at radius 3 is 2.79 bits per heavy atom. The quantitative estimate of drug-likeness (QED) is 0.859. The highest BCUT2D eigenvalue weighted by Crippen LogP contribution is 2.25. The molecule has 0 aliphatic heterocycles. The van der Waals surface area contributed by atoms with E-state index in [0.717, 1.165) is 18.4 Å². The number of alkyl halides is 1. The highest BCUT2D eigenvalue weighted by molar-refractivity contribution is 6.30. The number of rotatable bonds is 4. The summed E-state index contributed by atoms with van der Waals surface area (Å²) in [7, 11) is 1.60. The van der Waals surface area contributed by atoms with Crippen LogP contribution in [0.3, 0.4) is 0 Å². The Labute approximate surface area is 119 Å². The monoisotopic (exact) mass is 281 g/mol. The predicted molar refractivity (Wildman–Crippen MR) is 76.6 cm³/mol. The van der Waals surface area contributed by atoms with Gasteiger partial charge in [0.05, 0.1) is 7.11 Å². The van der Waals surface area contributed by atoms with Crippen molar-refractivity contribution in [3.05, 3.63) is 29.8 Å². The van der Waals surface area contributed by atoms with Crippen molar-refractivity contribution in [1.29, 1.82) is 0 Å². The third-order valence-corrected chi connectivity index (χ3v) is 4.02. The van der Waals surface area contributed by atoms with Crippen molar-refractivity contribution in [2.45, 2.75) is 43.5 Å². The zero-order chi connectivity index (χ0) is 13.7. The Morgan fingerprint density at radius 2 is 2.11 bits per heavy atom. The third kappa shape index (κ3) is 3.87. The van der Waals surface area contributed by atoms with Crippen molar-refractivity contribution in [2.24, 2.45) is 0 Å². The van der Waals surface area contributed by atoms with Gasteiger partial charge in [-0.05, 0) is 30.5 Å². The van der Waals surface area contributed by atoms with Gasteiger partial charge in [-0.25, -0.2) is 0 Å². The molecule has 0 heterocycles. The number of amides is 1. The fourth-order valence-corrected chi connectivity index (χ4v) is 2.67. The lowest BCUT2D eigenvalue weighted by atomic mass is 9.95. The van der Waals surface area contributed by atoms with Crippen LogP contribution in [0.5, 0.6) is 5.75 Å². The first kappa shape index (κ1) is 14.2. The maximum atomic E-state index is 12.1. The topological polar surface area (TPSA) is 38.3 Å². The molecule has 1 amide bonds. The van der Waals surface area contributed by atoms with Gasteiger partial charge in [-0.1, -0.05) is 31.4 Å². The lowest BCUT2D eigenvalue weighted by Crippen LogP contribution is -2.38. The average Bonchev–Trinajstić information content (AvgIpc) is 2.47. The summed E-state index contributed by atoms with van der Waals surface area (Å²) in [5.41, 5.74) is 0.773. The van der Waals surface area contributed by atoms with Crippen molar-refractivity contribution < 1.29 is 9.53 Å². The smallest absolute Gasteiger partial charge is 0.242 e. The molecule has 1 N–H and O–H groups in total. The first-order chi connectivity index (χ1) is 9.20. The summed E-state index contributed by atoms with van der Waals surface area (Å²) in [6, 6.07) is 7.62. The normalized spacial score (nSPS) is 17.8. The fourth-order valence-electron chi connectivity index (χ4n) is 2.47. The Balaban J connectivity index is 1.97. The van der Waals surface area contributed by atoms with E-state index in [1.807, 2.05) is 18.2 Å². The molecule has 1 aliphatic rings. The molecule has 1 aliphatic carbocycles. The molecule has 104 valence electrons. The van der Waals surface area contributed by atoms with E-state index < -0.39 is 5.38 Å². The zero-order valence-electron chi connectivity index (χ0n) is 11.2. The van der Waals surface area contributed by atoms with E-state index in [-0.39, 0.29) is 11.9 Å². The second-order valence-electron chi connectivity index (χ2n) is 4.98. The van der Waals surface area contributed by atoms with E-state index >= 15 is 0 Å². The maximum absolute atomic E-state index is 12.1. The number of benzene rings is 1. The van der Waals surface area contributed by atoms with Crippen LogP contribution in [-0.2, 0) is 4.79 Å². The minimum absolute atomic E-state index is 0.109. The van der Waals surface area contributed by atoms with Crippen LogP contribution in [0.4, 0.5) is 0 Å². The summed E-state index contributed by atoms with van der Waals surface area (Å²) < 4.78 is 5.14. The molecule has 19 heavy (non-hydrogen) atoms. The third-order valence-electron chi connectivity index (χ3n) is 3.57. The second kappa shape index (κ2) is 6.80. The molecule has 0 radical (unpaired) electrons. The Hall–Kier alpha value is -1.22. The van der Waals surface area contributed by atoms with Crippen molar-refractivity contribution in [2.75, 3.05) is 7.11 Å². The largest absolute Gasteiger partial charge is 0.497 e. The molecule has 0 saturated heterocycles. The molecule has 1 aromatic carbocycles. The number of carbonyl (C=O) groups is 1. The number of hydrogen-bond acceptors (Lipinski definition) is 2. The number of halogens is 1. The van der Waals surface area contributed by atoms with Gasteiger partial charge >= 0.3 is 0 Å². The van der Waals surface area contributed by atoms with E-state index in [0.29, 0.717) is 5.75 Å². The van der Waals surface area contributed by atoms with Crippen LogP contribution in [0.15, 0.2) is 24.3 Å². The first-order valence-corrected chi connectivity index (χ1v) is 7.23. The van der Waals surface area contributed by atoms with E-state index in [1.165, 1.54) is 19.3 Å². The van der Waals surface area contributed by atoms with Gasteiger partial charge in [0.15, 0.2) is 0 Å². The van der Waals surface area contributed by atoms with E-state index in [2.05, 4.69) is 5.32 Å². The second-order valence-corrected chi connectivity index (χ2v) is 5.42. The highest BCUT2D eigenvalue weighted by atomic mass is 35.5. The SMILES string of the molecule is COc1cccc(C(Cl)C(=O)NC2CCCCC2)c1. The summed E-state index contributed by atoms with van der Waals surface area (Å²) in [6.45, 7) is 0. The summed E-state index contributed by atoms with van der Waals surface area (Å²) in [5, 5.41) is 2.39. The van der Waals surface area contributed by atoms with Crippen LogP contribution >= 0.6 is 11.6 Å². The van der Waals surface area contributed by atoms with E-state index in [4.69, 9.17) is 16.3 Å². The van der Waals surface area contributed by atoms with Gasteiger partial charge < -0.3 is 10.1 Å². The predicted octanol–water partition coefficient (Wildman–Crippen LogP) is 3.42. The molecule has 3 nitrogen and oxygen atoms in total. The van der Waals surface area contributed by atoms with Gasteiger partial charge in [0.2, 0.25) is 5.91 Å². The van der Waals surface area contributed by atoms with Crippen LogP contribution in [-0.4, -0.2) is 19.1 Å². The minimum atomic E-state index is -0.656. The van der Waals surface area contributed by atoms with E-state index in [9.17, 15) is 4.79 Å². The maximum Gasteiger partial charge on any atom is 0.242 e. The average molecular weight is 282 g/mol. The fraction of sp³-hybridized carbons (Fsp3) is 0.533. The summed E-state index contributed by atoms with van der Waals surface area (Å²) in [6.07, 6.45) is 5.78. The van der Waals surface area contributed by atoms with Crippen molar-refractivity contribution >= 4 is 17.5 Å². The lowest BCUT2D eigenvalue weighted by Gasteiger charge is -2.24. The Kier molecular flexibility index (Phi) is 5.08. The van der Waals surface area contributed by atoms with Crippen molar-refractivity contribution in [1.82, 2.24) is 5.32 Å². The van der Waals surface area contributed by atoms with Gasteiger partial charge in [-0.2, -0.15) is 0 Å². The van der Waals surface area contributed by atoms with Crippen LogP contribution in [0.2, 0.25) is 0 Å². The molecule has 4 heteroatoms. The van der Waals surface area contributed by atoms with Gasteiger partial charge in [0.1, 0.15) is 11.1 Å². The van der Waals surface area contributed by atoms with E-state index in [1.54, 1.807) is 13.2 Å². The molecule has 1 saturated carbocycles. The molecular weight excluding hydrogens is 262 g/mol. The van der Waals surface area contributed by atoms with Crippen LogP contribution < -0.4 is 10.1 Å². The van der Waals surface area contributed by atoms with Crippen LogP contribution in [0, 0.1) is 0 Å². The summed E-state index contributed by atoms with van der Waals surface area (Å²) >= 11 is 6.24. The minimum Gasteiger partial charge on any atom is -0.497 e. The molecule has 1 fully saturated rings. The summed E-state index contributed by atoms with van der Waals surface area (Å²) in [4.78, 5) is 12.1. The molecule has 1 aromatic rings. The molecule has 0 spiro atoms. The Morgan fingerprint density at radius 1 is 1.37 bits per heavy atom. The molecule has 0 aromatic heterocycles. The number of methoxy groups -OCH3 is 1. The number of carbonyl (C=O) groups excluding carboxylic acids is 1. The van der Waals surface area contributed by atoms with Crippen LogP contribution in [0.1, 0.15) is 43.0 Å².